The van der Waals surface area contributed by atoms with E-state index >= 15 is 0 Å². The third-order valence-electron chi connectivity index (χ3n) is 4.66. The standard InChI is InChI=1S/C20H41NO3/c1-4-5-6-7-8-9-10-11-12-13-14-15-19(23)16-20(24)17(2)21-18(3)22/h17,19-20,23-24H,4-16H2,1-3H3,(H,21,22)/t17-,19-,20-/m0/s1. The maximum atomic E-state index is 10.9. The number of amides is 1. The number of rotatable bonds is 16. The molecular formula is C20H41NO3. The SMILES string of the molecule is CCCCCCCCCCCCC[C@H](O)C[C@H](O)[C@H](C)NC(C)=O. The molecule has 4 nitrogen and oxygen atoms in total. The Kier molecular flexibility index (Phi) is 15.5. The maximum absolute atomic E-state index is 10.9. The molecule has 0 unspecified atom stereocenters. The Morgan fingerprint density at radius 2 is 1.33 bits per heavy atom. The average Bonchev–Trinajstić information content (AvgIpc) is 2.51. The highest BCUT2D eigenvalue weighted by molar-refractivity contribution is 5.73. The molecule has 1 amide bonds. The quantitative estimate of drug-likeness (QED) is 0.365. The van der Waals surface area contributed by atoms with Crippen molar-refractivity contribution in [3.8, 4) is 0 Å². The summed E-state index contributed by atoms with van der Waals surface area (Å²) in [6.07, 6.45) is 14.2. The van der Waals surface area contributed by atoms with Gasteiger partial charge in [0.2, 0.25) is 5.91 Å². The van der Waals surface area contributed by atoms with Crippen LogP contribution in [0.4, 0.5) is 0 Å². The first-order valence-corrected chi connectivity index (χ1v) is 10.1. The van der Waals surface area contributed by atoms with E-state index in [0.717, 1.165) is 19.3 Å². The van der Waals surface area contributed by atoms with Gasteiger partial charge in [0.1, 0.15) is 0 Å². The van der Waals surface area contributed by atoms with Crippen LogP contribution in [0.3, 0.4) is 0 Å². The van der Waals surface area contributed by atoms with Crippen molar-refractivity contribution in [2.45, 2.75) is 122 Å². The van der Waals surface area contributed by atoms with Crippen LogP contribution < -0.4 is 5.32 Å². The highest BCUT2D eigenvalue weighted by atomic mass is 16.3. The Bertz CT molecular complexity index is 297. The van der Waals surface area contributed by atoms with Crippen LogP contribution in [0.5, 0.6) is 0 Å². The van der Waals surface area contributed by atoms with E-state index in [9.17, 15) is 15.0 Å². The van der Waals surface area contributed by atoms with Gasteiger partial charge in [-0.3, -0.25) is 4.79 Å². The van der Waals surface area contributed by atoms with Crippen LogP contribution >= 0.6 is 0 Å². The highest BCUT2D eigenvalue weighted by Crippen LogP contribution is 2.14. The van der Waals surface area contributed by atoms with Crippen molar-refractivity contribution in [2.24, 2.45) is 0 Å². The number of unbranched alkanes of at least 4 members (excludes halogenated alkanes) is 10. The zero-order valence-corrected chi connectivity index (χ0v) is 16.2. The molecule has 0 rings (SSSR count). The fourth-order valence-electron chi connectivity index (χ4n) is 3.06. The van der Waals surface area contributed by atoms with Gasteiger partial charge in [0.05, 0.1) is 18.2 Å². The third kappa shape index (κ3) is 14.9. The Morgan fingerprint density at radius 3 is 1.79 bits per heavy atom. The molecule has 0 aliphatic heterocycles. The number of carbonyl (C=O) groups excluding carboxylic acids is 1. The normalized spacial score (nSPS) is 15.0. The number of nitrogens with one attached hydrogen (secondary N) is 1. The van der Waals surface area contributed by atoms with Gasteiger partial charge in [-0.25, -0.2) is 0 Å². The number of aliphatic hydroxyl groups is 2. The molecule has 0 saturated carbocycles. The Morgan fingerprint density at radius 1 is 0.875 bits per heavy atom. The molecule has 0 aliphatic rings. The zero-order chi connectivity index (χ0) is 18.2. The molecule has 0 aromatic carbocycles. The van der Waals surface area contributed by atoms with Gasteiger partial charge in [-0.2, -0.15) is 0 Å². The first-order chi connectivity index (χ1) is 11.5. The maximum Gasteiger partial charge on any atom is 0.217 e. The minimum Gasteiger partial charge on any atom is -0.393 e. The molecule has 3 N–H and O–H groups in total. The lowest BCUT2D eigenvalue weighted by molar-refractivity contribution is -0.120. The fourth-order valence-corrected chi connectivity index (χ4v) is 3.06. The van der Waals surface area contributed by atoms with Crippen LogP contribution in [0.25, 0.3) is 0 Å². The summed E-state index contributed by atoms with van der Waals surface area (Å²) >= 11 is 0. The molecule has 0 radical (unpaired) electrons. The van der Waals surface area contributed by atoms with E-state index in [1.165, 1.54) is 64.7 Å². The van der Waals surface area contributed by atoms with Crippen molar-refractivity contribution in [2.75, 3.05) is 0 Å². The molecule has 0 aromatic heterocycles. The van der Waals surface area contributed by atoms with E-state index in [2.05, 4.69) is 12.2 Å². The van der Waals surface area contributed by atoms with Crippen molar-refractivity contribution < 1.29 is 15.0 Å². The first kappa shape index (κ1) is 23.4. The number of hydrogen-bond acceptors (Lipinski definition) is 3. The van der Waals surface area contributed by atoms with E-state index in [0.29, 0.717) is 6.42 Å². The second-order valence-electron chi connectivity index (χ2n) is 7.27. The van der Waals surface area contributed by atoms with E-state index in [-0.39, 0.29) is 11.9 Å². The summed E-state index contributed by atoms with van der Waals surface area (Å²) in [5.74, 6) is -0.151. The van der Waals surface area contributed by atoms with E-state index < -0.39 is 12.2 Å². The Hall–Kier alpha value is -0.610. The summed E-state index contributed by atoms with van der Waals surface area (Å²) in [5.41, 5.74) is 0. The van der Waals surface area contributed by atoms with Gasteiger partial charge < -0.3 is 15.5 Å². The third-order valence-corrected chi connectivity index (χ3v) is 4.66. The topological polar surface area (TPSA) is 69.6 Å². The summed E-state index contributed by atoms with van der Waals surface area (Å²) in [5, 5.41) is 22.6. The molecule has 4 heteroatoms. The van der Waals surface area contributed by atoms with Crippen molar-refractivity contribution in [1.29, 1.82) is 0 Å². The molecule has 144 valence electrons. The predicted octanol–water partition coefficient (Wildman–Crippen LogP) is 4.32. The zero-order valence-electron chi connectivity index (χ0n) is 16.2. The van der Waals surface area contributed by atoms with Gasteiger partial charge in [-0.1, -0.05) is 77.6 Å². The molecule has 0 bridgehead atoms. The van der Waals surface area contributed by atoms with Gasteiger partial charge >= 0.3 is 0 Å². The van der Waals surface area contributed by atoms with Gasteiger partial charge in [0, 0.05) is 13.3 Å². The predicted molar refractivity (Wildman–Crippen MR) is 101 cm³/mol. The lowest BCUT2D eigenvalue weighted by Gasteiger charge is -2.22. The lowest BCUT2D eigenvalue weighted by Crippen LogP contribution is -2.41. The van der Waals surface area contributed by atoms with Crippen LogP contribution in [0.2, 0.25) is 0 Å². The second-order valence-corrected chi connectivity index (χ2v) is 7.27. The highest BCUT2D eigenvalue weighted by Gasteiger charge is 2.18. The smallest absolute Gasteiger partial charge is 0.217 e. The van der Waals surface area contributed by atoms with E-state index in [1.54, 1.807) is 6.92 Å². The van der Waals surface area contributed by atoms with E-state index in [4.69, 9.17) is 0 Å². The molecule has 0 aromatic rings. The van der Waals surface area contributed by atoms with Crippen molar-refractivity contribution in [3.05, 3.63) is 0 Å². The van der Waals surface area contributed by atoms with Crippen molar-refractivity contribution >= 4 is 5.91 Å². The Labute approximate surface area is 149 Å². The van der Waals surface area contributed by atoms with Gasteiger partial charge in [0.15, 0.2) is 0 Å². The summed E-state index contributed by atoms with van der Waals surface area (Å²) in [6, 6.07) is -0.311. The largest absolute Gasteiger partial charge is 0.393 e. The average molecular weight is 344 g/mol. The van der Waals surface area contributed by atoms with Crippen molar-refractivity contribution in [1.82, 2.24) is 5.32 Å². The Balaban J connectivity index is 3.42. The molecule has 24 heavy (non-hydrogen) atoms. The first-order valence-electron chi connectivity index (χ1n) is 10.1. The lowest BCUT2D eigenvalue weighted by atomic mass is 10.00. The second kappa shape index (κ2) is 15.9. The molecule has 3 atom stereocenters. The van der Waals surface area contributed by atoms with Crippen LogP contribution in [0.15, 0.2) is 0 Å². The fraction of sp³-hybridized carbons (Fsp3) is 0.950. The number of aliphatic hydroxyl groups excluding tert-OH is 2. The molecule has 0 aliphatic carbocycles. The van der Waals surface area contributed by atoms with Crippen LogP contribution in [-0.2, 0) is 4.79 Å². The van der Waals surface area contributed by atoms with Gasteiger partial charge in [0.25, 0.3) is 0 Å². The summed E-state index contributed by atoms with van der Waals surface area (Å²) < 4.78 is 0. The minimum absolute atomic E-state index is 0.151. The molecule has 0 saturated heterocycles. The number of carbonyl (C=O) groups is 1. The van der Waals surface area contributed by atoms with Crippen molar-refractivity contribution in [3.63, 3.8) is 0 Å². The number of hydrogen-bond donors (Lipinski definition) is 3. The minimum atomic E-state index is -0.684. The van der Waals surface area contributed by atoms with Crippen LogP contribution in [-0.4, -0.2) is 34.4 Å². The summed E-state index contributed by atoms with van der Waals surface area (Å²) in [7, 11) is 0. The summed E-state index contributed by atoms with van der Waals surface area (Å²) in [6.45, 7) is 5.45. The molecule has 0 spiro atoms. The van der Waals surface area contributed by atoms with Crippen LogP contribution in [0, 0.1) is 0 Å². The molecular weight excluding hydrogens is 302 g/mol. The molecule has 0 heterocycles. The van der Waals surface area contributed by atoms with E-state index in [1.807, 2.05) is 0 Å². The van der Waals surface area contributed by atoms with Gasteiger partial charge in [-0.15, -0.1) is 0 Å². The monoisotopic (exact) mass is 343 g/mol. The molecule has 0 fully saturated rings. The van der Waals surface area contributed by atoms with Gasteiger partial charge in [-0.05, 0) is 13.3 Å². The van der Waals surface area contributed by atoms with Crippen LogP contribution in [0.1, 0.15) is 104 Å². The summed E-state index contributed by atoms with van der Waals surface area (Å²) in [4.78, 5) is 10.9.